The molecular weight excluding hydrogens is 192 g/mol. The maximum atomic E-state index is 5.87. The van der Waals surface area contributed by atoms with E-state index < -0.39 is 0 Å². The van der Waals surface area contributed by atoms with E-state index >= 15 is 0 Å². The molecular formula is C9H14N6. The van der Waals surface area contributed by atoms with Crippen LogP contribution in [-0.2, 0) is 6.54 Å². The molecule has 80 valence electrons. The summed E-state index contributed by atoms with van der Waals surface area (Å²) in [6, 6.07) is 0.110. The quantitative estimate of drug-likeness (QED) is 0.745. The molecule has 2 aromatic rings. The van der Waals surface area contributed by atoms with E-state index in [4.69, 9.17) is 11.5 Å². The minimum Gasteiger partial charge on any atom is -0.382 e. The number of imidazole rings is 1. The molecule has 0 aliphatic carbocycles. The Hall–Kier alpha value is -1.69. The van der Waals surface area contributed by atoms with E-state index in [-0.39, 0.29) is 6.04 Å². The van der Waals surface area contributed by atoms with Gasteiger partial charge < -0.3 is 16.0 Å². The summed E-state index contributed by atoms with van der Waals surface area (Å²) in [6.45, 7) is 2.75. The second-order valence-corrected chi connectivity index (χ2v) is 3.50. The normalized spacial score (nSPS) is 13.2. The van der Waals surface area contributed by atoms with E-state index in [1.54, 1.807) is 6.33 Å². The molecule has 0 spiro atoms. The zero-order valence-electron chi connectivity index (χ0n) is 8.59. The van der Waals surface area contributed by atoms with Gasteiger partial charge in [0.25, 0.3) is 0 Å². The van der Waals surface area contributed by atoms with Gasteiger partial charge in [-0.15, -0.1) is 0 Å². The Kier molecular flexibility index (Phi) is 2.51. The lowest BCUT2D eigenvalue weighted by atomic mass is 10.2. The van der Waals surface area contributed by atoms with Crippen molar-refractivity contribution in [2.75, 3.05) is 5.73 Å². The van der Waals surface area contributed by atoms with E-state index in [2.05, 4.69) is 15.0 Å². The largest absolute Gasteiger partial charge is 0.382 e. The number of hydrogen-bond acceptors (Lipinski definition) is 5. The smallest absolute Gasteiger partial charge is 0.165 e. The molecule has 0 aliphatic heterocycles. The van der Waals surface area contributed by atoms with Gasteiger partial charge in [-0.1, -0.05) is 6.92 Å². The first-order valence-corrected chi connectivity index (χ1v) is 4.89. The molecule has 0 bridgehead atoms. The first kappa shape index (κ1) is 9.85. The van der Waals surface area contributed by atoms with Crippen LogP contribution < -0.4 is 11.5 Å². The molecule has 2 heterocycles. The van der Waals surface area contributed by atoms with Crippen molar-refractivity contribution in [1.29, 1.82) is 0 Å². The maximum Gasteiger partial charge on any atom is 0.165 e. The van der Waals surface area contributed by atoms with Crippen molar-refractivity contribution in [3.63, 3.8) is 0 Å². The average Bonchev–Trinajstić information content (AvgIpc) is 2.63. The molecule has 2 aromatic heterocycles. The second kappa shape index (κ2) is 3.82. The van der Waals surface area contributed by atoms with Crippen LogP contribution in [0.3, 0.4) is 0 Å². The third kappa shape index (κ3) is 1.75. The van der Waals surface area contributed by atoms with Crippen molar-refractivity contribution < 1.29 is 0 Å². The fourth-order valence-corrected chi connectivity index (χ4v) is 1.41. The van der Waals surface area contributed by atoms with Crippen LogP contribution in [-0.4, -0.2) is 25.6 Å². The van der Waals surface area contributed by atoms with Crippen LogP contribution in [0.2, 0.25) is 0 Å². The van der Waals surface area contributed by atoms with Gasteiger partial charge in [0.15, 0.2) is 11.5 Å². The minimum absolute atomic E-state index is 0.110. The van der Waals surface area contributed by atoms with Crippen molar-refractivity contribution in [3.8, 4) is 0 Å². The molecule has 0 saturated heterocycles. The summed E-state index contributed by atoms with van der Waals surface area (Å²) >= 11 is 0. The van der Waals surface area contributed by atoms with Gasteiger partial charge in [-0.2, -0.15) is 0 Å². The molecule has 0 fully saturated rings. The van der Waals surface area contributed by atoms with E-state index in [1.807, 2.05) is 11.5 Å². The third-order valence-corrected chi connectivity index (χ3v) is 2.39. The first-order valence-electron chi connectivity index (χ1n) is 4.89. The number of rotatable bonds is 3. The molecule has 0 radical (unpaired) electrons. The second-order valence-electron chi connectivity index (χ2n) is 3.50. The lowest BCUT2D eigenvalue weighted by Crippen LogP contribution is -2.24. The van der Waals surface area contributed by atoms with Crippen molar-refractivity contribution in [3.05, 3.63) is 12.7 Å². The highest BCUT2D eigenvalue weighted by molar-refractivity contribution is 5.81. The highest BCUT2D eigenvalue weighted by Gasteiger charge is 2.09. The highest BCUT2D eigenvalue weighted by Crippen LogP contribution is 2.14. The van der Waals surface area contributed by atoms with Gasteiger partial charge in [0.1, 0.15) is 11.8 Å². The Balaban J connectivity index is 2.41. The molecule has 0 saturated carbocycles. The molecule has 0 aliphatic rings. The molecule has 6 nitrogen and oxygen atoms in total. The lowest BCUT2D eigenvalue weighted by molar-refractivity contribution is 0.545. The van der Waals surface area contributed by atoms with Crippen molar-refractivity contribution in [1.82, 2.24) is 19.5 Å². The van der Waals surface area contributed by atoms with Gasteiger partial charge in [0.05, 0.1) is 6.33 Å². The standard InChI is InChI=1S/C9H14N6/c1-2-6(10)3-15-5-14-7-8(11)12-4-13-9(7)15/h4-6H,2-3,10H2,1H3,(H2,11,12,13)/t6-/m0/s1. The minimum atomic E-state index is 0.110. The van der Waals surface area contributed by atoms with Crippen LogP contribution in [0, 0.1) is 0 Å². The number of fused-ring (bicyclic) bond motifs is 1. The van der Waals surface area contributed by atoms with Gasteiger partial charge >= 0.3 is 0 Å². The predicted octanol–water partition coefficient (Wildman–Crippen LogP) is 0.146. The van der Waals surface area contributed by atoms with Crippen LogP contribution in [0.1, 0.15) is 13.3 Å². The van der Waals surface area contributed by atoms with Crippen LogP contribution in [0.15, 0.2) is 12.7 Å². The summed E-state index contributed by atoms with van der Waals surface area (Å²) in [5, 5.41) is 0. The number of anilines is 1. The summed E-state index contributed by atoms with van der Waals surface area (Å²) in [5.74, 6) is 0.406. The average molecular weight is 206 g/mol. The van der Waals surface area contributed by atoms with Crippen molar-refractivity contribution in [2.24, 2.45) is 5.73 Å². The molecule has 15 heavy (non-hydrogen) atoms. The molecule has 0 amide bonds. The van der Waals surface area contributed by atoms with Gasteiger partial charge in [0, 0.05) is 12.6 Å². The van der Waals surface area contributed by atoms with Crippen LogP contribution in [0.25, 0.3) is 11.2 Å². The zero-order chi connectivity index (χ0) is 10.8. The molecule has 0 unspecified atom stereocenters. The summed E-state index contributed by atoms with van der Waals surface area (Å²) in [6.07, 6.45) is 4.05. The lowest BCUT2D eigenvalue weighted by Gasteiger charge is -2.09. The number of aromatic nitrogens is 4. The Morgan fingerprint density at radius 3 is 2.93 bits per heavy atom. The number of hydrogen-bond donors (Lipinski definition) is 2. The molecule has 4 N–H and O–H groups in total. The van der Waals surface area contributed by atoms with E-state index in [1.165, 1.54) is 6.33 Å². The van der Waals surface area contributed by atoms with Crippen LogP contribution in [0.4, 0.5) is 5.82 Å². The van der Waals surface area contributed by atoms with E-state index in [9.17, 15) is 0 Å². The van der Waals surface area contributed by atoms with Gasteiger partial charge in [-0.05, 0) is 6.42 Å². The van der Waals surface area contributed by atoms with Gasteiger partial charge in [0.2, 0.25) is 0 Å². The predicted molar refractivity (Wildman–Crippen MR) is 58.0 cm³/mol. The fraction of sp³-hybridized carbons (Fsp3) is 0.444. The molecule has 2 rings (SSSR count). The monoisotopic (exact) mass is 206 g/mol. The molecule has 0 aromatic carbocycles. The first-order chi connectivity index (χ1) is 7.22. The summed E-state index contributed by atoms with van der Waals surface area (Å²) in [4.78, 5) is 12.2. The third-order valence-electron chi connectivity index (χ3n) is 2.39. The topological polar surface area (TPSA) is 95.6 Å². The Morgan fingerprint density at radius 2 is 2.20 bits per heavy atom. The fourth-order valence-electron chi connectivity index (χ4n) is 1.41. The van der Waals surface area contributed by atoms with Crippen molar-refractivity contribution in [2.45, 2.75) is 25.9 Å². The van der Waals surface area contributed by atoms with Crippen molar-refractivity contribution >= 4 is 17.0 Å². The van der Waals surface area contributed by atoms with Crippen LogP contribution in [0.5, 0.6) is 0 Å². The van der Waals surface area contributed by atoms with Gasteiger partial charge in [-0.25, -0.2) is 15.0 Å². The SMILES string of the molecule is CC[C@H](N)Cn1cnc2c(N)ncnc21. The Morgan fingerprint density at radius 1 is 1.40 bits per heavy atom. The maximum absolute atomic E-state index is 5.87. The van der Waals surface area contributed by atoms with Crippen LogP contribution >= 0.6 is 0 Å². The highest BCUT2D eigenvalue weighted by atomic mass is 15.1. The van der Waals surface area contributed by atoms with E-state index in [0.29, 0.717) is 17.9 Å². The summed E-state index contributed by atoms with van der Waals surface area (Å²) in [5.41, 5.74) is 12.9. The number of nitrogens with zero attached hydrogens (tertiary/aromatic N) is 4. The van der Waals surface area contributed by atoms with E-state index in [0.717, 1.165) is 12.1 Å². The Labute approximate surface area is 87.3 Å². The summed E-state index contributed by atoms with van der Waals surface area (Å²) < 4.78 is 1.90. The Bertz CT molecular complexity index is 463. The zero-order valence-corrected chi connectivity index (χ0v) is 8.59. The summed E-state index contributed by atoms with van der Waals surface area (Å²) in [7, 11) is 0. The molecule has 6 heteroatoms. The number of nitrogens with two attached hydrogens (primary N) is 2. The molecule has 1 atom stereocenters. The van der Waals surface area contributed by atoms with Gasteiger partial charge in [-0.3, -0.25) is 0 Å². The number of nitrogen functional groups attached to an aromatic ring is 1.